The lowest BCUT2D eigenvalue weighted by molar-refractivity contribution is -0.172. The van der Waals surface area contributed by atoms with Crippen LogP contribution in [-0.2, 0) is 16.5 Å². The molecule has 0 radical (unpaired) electrons. The maximum atomic E-state index is 12.6. The Bertz CT molecular complexity index is 675. The Morgan fingerprint density at radius 3 is 1.86 bits per heavy atom. The lowest BCUT2D eigenvalue weighted by atomic mass is 10.1. The predicted molar refractivity (Wildman–Crippen MR) is 65.8 cm³/mol. The lowest BCUT2D eigenvalue weighted by Gasteiger charge is -2.19. The molecule has 0 aliphatic heterocycles. The molecule has 3 nitrogen and oxygen atoms in total. The monoisotopic (exact) mass is 368 g/mol. The van der Waals surface area contributed by atoms with Crippen molar-refractivity contribution in [3.8, 4) is 0 Å². The standard InChI is InChI=1S/C11H7ClF6O3S/c12-7-4-2-1-3-6(7)5-8(22(19,20)21)9(10(13,14)15)11(16,17)18/h1-4H,5H2,(H,19,20,21). The minimum Gasteiger partial charge on any atom is -0.282 e. The molecule has 1 aromatic rings. The molecule has 0 atom stereocenters. The largest absolute Gasteiger partial charge is 0.422 e. The molecular weight excluding hydrogens is 362 g/mol. The van der Waals surface area contributed by atoms with Crippen LogP contribution in [0.15, 0.2) is 34.7 Å². The molecule has 0 aromatic heterocycles. The van der Waals surface area contributed by atoms with Gasteiger partial charge >= 0.3 is 12.4 Å². The first kappa shape index (κ1) is 18.8. The van der Waals surface area contributed by atoms with Gasteiger partial charge in [-0.25, -0.2) is 0 Å². The van der Waals surface area contributed by atoms with Crippen molar-refractivity contribution >= 4 is 21.7 Å². The number of hydrogen-bond acceptors (Lipinski definition) is 2. The molecule has 0 aliphatic carbocycles. The number of alkyl halides is 6. The van der Waals surface area contributed by atoms with Gasteiger partial charge < -0.3 is 0 Å². The molecule has 0 heterocycles. The normalized spacial score (nSPS) is 13.1. The molecule has 1 rings (SSSR count). The van der Waals surface area contributed by atoms with Gasteiger partial charge in [-0.3, -0.25) is 4.55 Å². The van der Waals surface area contributed by atoms with E-state index in [2.05, 4.69) is 0 Å². The highest BCUT2D eigenvalue weighted by Gasteiger charge is 2.54. The fourth-order valence-corrected chi connectivity index (χ4v) is 2.63. The minimum absolute atomic E-state index is 0.243. The summed E-state index contributed by atoms with van der Waals surface area (Å²) in [4.78, 5) is -2.21. The van der Waals surface area contributed by atoms with E-state index in [1.807, 2.05) is 0 Å². The second-order valence-electron chi connectivity index (χ2n) is 4.04. The molecule has 22 heavy (non-hydrogen) atoms. The van der Waals surface area contributed by atoms with Crippen LogP contribution in [-0.4, -0.2) is 25.3 Å². The third-order valence-corrected chi connectivity index (χ3v) is 3.81. The first-order valence-corrected chi connectivity index (χ1v) is 7.15. The van der Waals surface area contributed by atoms with Crippen molar-refractivity contribution in [3.63, 3.8) is 0 Å². The molecule has 0 bridgehead atoms. The summed E-state index contributed by atoms with van der Waals surface area (Å²) in [5, 5.41) is -0.243. The van der Waals surface area contributed by atoms with E-state index in [0.29, 0.717) is 0 Å². The first-order valence-electron chi connectivity index (χ1n) is 5.33. The van der Waals surface area contributed by atoms with Gasteiger partial charge in [0.25, 0.3) is 10.1 Å². The summed E-state index contributed by atoms with van der Waals surface area (Å²) < 4.78 is 107. The minimum atomic E-state index is -6.02. The molecule has 0 saturated carbocycles. The van der Waals surface area contributed by atoms with Gasteiger partial charge in [0.05, 0.1) is 4.91 Å². The van der Waals surface area contributed by atoms with E-state index in [0.717, 1.165) is 12.1 Å². The Morgan fingerprint density at radius 1 is 1.05 bits per heavy atom. The van der Waals surface area contributed by atoms with Crippen molar-refractivity contribution in [2.45, 2.75) is 18.8 Å². The Balaban J connectivity index is 3.65. The van der Waals surface area contributed by atoms with Crippen molar-refractivity contribution in [2.24, 2.45) is 0 Å². The molecule has 0 spiro atoms. The summed E-state index contributed by atoms with van der Waals surface area (Å²) in [5.41, 5.74) is -3.61. The molecule has 0 amide bonds. The zero-order valence-corrected chi connectivity index (χ0v) is 11.9. The lowest BCUT2D eigenvalue weighted by Crippen LogP contribution is -2.30. The van der Waals surface area contributed by atoms with E-state index < -0.39 is 39.4 Å². The van der Waals surface area contributed by atoms with Crippen LogP contribution in [0, 0.1) is 0 Å². The van der Waals surface area contributed by atoms with Crippen molar-refractivity contribution in [3.05, 3.63) is 45.3 Å². The first-order chi connectivity index (χ1) is 9.74. The summed E-state index contributed by atoms with van der Waals surface area (Å²) in [7, 11) is -5.76. The number of benzene rings is 1. The molecule has 1 N–H and O–H groups in total. The van der Waals surface area contributed by atoms with Gasteiger partial charge in [-0.2, -0.15) is 34.8 Å². The number of allylic oxidation sites excluding steroid dienone is 2. The zero-order valence-electron chi connectivity index (χ0n) is 10.3. The third-order valence-electron chi connectivity index (χ3n) is 2.47. The van der Waals surface area contributed by atoms with Crippen molar-refractivity contribution in [1.29, 1.82) is 0 Å². The van der Waals surface area contributed by atoms with E-state index in [-0.39, 0.29) is 10.6 Å². The van der Waals surface area contributed by atoms with E-state index in [1.54, 1.807) is 0 Å². The Labute approximate surface area is 125 Å². The predicted octanol–water partition coefficient (Wildman–Crippen LogP) is 4.15. The van der Waals surface area contributed by atoms with E-state index in [4.69, 9.17) is 16.2 Å². The maximum absolute atomic E-state index is 12.6. The van der Waals surface area contributed by atoms with Crippen LogP contribution < -0.4 is 0 Å². The topological polar surface area (TPSA) is 54.4 Å². The molecule has 0 aliphatic rings. The summed E-state index contributed by atoms with van der Waals surface area (Å²) in [5.74, 6) is 0. The van der Waals surface area contributed by atoms with Crippen molar-refractivity contribution < 1.29 is 39.3 Å². The van der Waals surface area contributed by atoms with Crippen LogP contribution in [0.3, 0.4) is 0 Å². The van der Waals surface area contributed by atoms with Crippen LogP contribution in [0.2, 0.25) is 5.02 Å². The third kappa shape index (κ3) is 4.62. The second-order valence-corrected chi connectivity index (χ2v) is 5.89. The number of halogens is 7. The van der Waals surface area contributed by atoms with Gasteiger partial charge in [0.1, 0.15) is 0 Å². The van der Waals surface area contributed by atoms with Crippen LogP contribution in [0.4, 0.5) is 26.3 Å². The van der Waals surface area contributed by atoms with Gasteiger partial charge in [-0.05, 0) is 11.6 Å². The number of hydrogen-bond donors (Lipinski definition) is 1. The van der Waals surface area contributed by atoms with E-state index in [1.165, 1.54) is 12.1 Å². The fourth-order valence-electron chi connectivity index (χ4n) is 1.60. The van der Waals surface area contributed by atoms with Gasteiger partial charge in [-0.15, -0.1) is 0 Å². The molecule has 124 valence electrons. The summed E-state index contributed by atoms with van der Waals surface area (Å²) in [6.07, 6.45) is -13.4. The molecular formula is C11H7ClF6O3S. The van der Waals surface area contributed by atoms with Gasteiger partial charge in [-0.1, -0.05) is 29.8 Å². The van der Waals surface area contributed by atoms with Crippen molar-refractivity contribution in [2.75, 3.05) is 0 Å². The Hall–Kier alpha value is -1.26. The molecule has 11 heteroatoms. The fraction of sp³-hybridized carbons (Fsp3) is 0.273. The molecule has 0 unspecified atom stereocenters. The summed E-state index contributed by atoms with van der Waals surface area (Å²) in [6.45, 7) is 0. The summed E-state index contributed by atoms with van der Waals surface area (Å²) in [6, 6.07) is 4.78. The highest BCUT2D eigenvalue weighted by atomic mass is 35.5. The quantitative estimate of drug-likeness (QED) is 0.644. The van der Waals surface area contributed by atoms with Crippen LogP contribution in [0.1, 0.15) is 5.56 Å². The van der Waals surface area contributed by atoms with Gasteiger partial charge in [0, 0.05) is 11.4 Å². The maximum Gasteiger partial charge on any atom is 0.422 e. The SMILES string of the molecule is O=S(=O)(O)C(Cc1ccccc1Cl)=C(C(F)(F)F)C(F)(F)F. The highest BCUT2D eigenvalue weighted by molar-refractivity contribution is 7.89. The average Bonchev–Trinajstić information content (AvgIpc) is 2.26. The Kier molecular flexibility index (Phi) is 5.20. The molecule has 0 saturated heterocycles. The summed E-state index contributed by atoms with van der Waals surface area (Å²) >= 11 is 5.59. The van der Waals surface area contributed by atoms with Gasteiger partial charge in [0.2, 0.25) is 0 Å². The Morgan fingerprint density at radius 2 is 1.50 bits per heavy atom. The van der Waals surface area contributed by atoms with Crippen LogP contribution in [0.25, 0.3) is 0 Å². The zero-order chi connectivity index (χ0) is 17.3. The average molecular weight is 369 g/mol. The smallest absolute Gasteiger partial charge is 0.282 e. The van der Waals surface area contributed by atoms with E-state index in [9.17, 15) is 34.8 Å². The molecule has 0 fully saturated rings. The van der Waals surface area contributed by atoms with Crippen LogP contribution >= 0.6 is 11.6 Å². The van der Waals surface area contributed by atoms with Crippen molar-refractivity contribution in [1.82, 2.24) is 0 Å². The van der Waals surface area contributed by atoms with Crippen LogP contribution in [0.5, 0.6) is 0 Å². The highest BCUT2D eigenvalue weighted by Crippen LogP contribution is 2.42. The van der Waals surface area contributed by atoms with E-state index >= 15 is 0 Å². The number of rotatable bonds is 3. The van der Waals surface area contributed by atoms with Gasteiger partial charge in [0.15, 0.2) is 5.57 Å². The second kappa shape index (κ2) is 6.09. The molecule has 1 aromatic carbocycles.